The smallest absolute Gasteiger partial charge is 0.122 e. The van der Waals surface area contributed by atoms with E-state index in [9.17, 15) is 0 Å². The quantitative estimate of drug-likeness (QED) is 0.805. The van der Waals surface area contributed by atoms with E-state index in [0.717, 1.165) is 16.9 Å². The van der Waals surface area contributed by atoms with Crippen molar-refractivity contribution in [2.45, 2.75) is 40.9 Å². The van der Waals surface area contributed by atoms with Gasteiger partial charge in [-0.05, 0) is 38.0 Å². The van der Waals surface area contributed by atoms with E-state index in [4.69, 9.17) is 9.84 Å². The van der Waals surface area contributed by atoms with Crippen LogP contribution >= 0.6 is 0 Å². The van der Waals surface area contributed by atoms with E-state index in [1.807, 2.05) is 39.0 Å². The highest BCUT2D eigenvalue weighted by atomic mass is 16.5. The third kappa shape index (κ3) is 3.38. The summed E-state index contributed by atoms with van der Waals surface area (Å²) in [5.41, 5.74) is 1.99. The third-order valence-corrected chi connectivity index (χ3v) is 1.78. The molecule has 0 fully saturated rings. The Morgan fingerprint density at radius 1 is 1.36 bits per heavy atom. The van der Waals surface area contributed by atoms with Crippen LogP contribution < -0.4 is 4.74 Å². The molecule has 0 aliphatic heterocycles. The van der Waals surface area contributed by atoms with Gasteiger partial charge in [-0.15, -0.1) is 0 Å². The lowest BCUT2D eigenvalue weighted by molar-refractivity contribution is 0.240. The number of benzene rings is 1. The number of hydrogen-bond acceptors (Lipinski definition) is 2. The zero-order valence-electron chi connectivity index (χ0n) is 8.37. The van der Waals surface area contributed by atoms with E-state index in [1.54, 1.807) is 0 Å². The molecule has 1 aromatic rings. The number of rotatable bonds is 3. The average Bonchev–Trinajstić information content (AvgIpc) is 2.08. The summed E-state index contributed by atoms with van der Waals surface area (Å²) in [6.07, 6.45) is 0.193. The number of aliphatic hydroxyl groups is 1. The lowest BCUT2D eigenvalue weighted by Crippen LogP contribution is -2.06. The molecule has 2 nitrogen and oxygen atoms in total. The monoisotopic (exact) mass is 196 g/mol. The van der Waals surface area contributed by atoms with E-state index in [1.165, 1.54) is 0 Å². The summed E-state index contributed by atoms with van der Waals surface area (Å²) in [4.78, 5) is 0. The van der Waals surface area contributed by atoms with Gasteiger partial charge in [0.2, 0.25) is 0 Å². The van der Waals surface area contributed by atoms with Crippen LogP contribution in [-0.4, -0.2) is 11.2 Å². The van der Waals surface area contributed by atoms with Gasteiger partial charge < -0.3 is 9.84 Å². The Kier molecular flexibility index (Phi) is 5.24. The van der Waals surface area contributed by atoms with Crippen molar-refractivity contribution in [2.75, 3.05) is 0 Å². The normalized spacial score (nSPS) is 9.79. The minimum Gasteiger partial charge on any atom is -0.491 e. The summed E-state index contributed by atoms with van der Waals surface area (Å²) in [5, 5.41) is 8.89. The Balaban J connectivity index is 0.00000169. The molecule has 0 amide bonds. The molecule has 0 unspecified atom stereocenters. The Labute approximate surface area is 86.5 Å². The van der Waals surface area contributed by atoms with Crippen molar-refractivity contribution in [1.29, 1.82) is 0 Å². The highest BCUT2D eigenvalue weighted by Crippen LogP contribution is 2.20. The molecule has 0 heterocycles. The highest BCUT2D eigenvalue weighted by Gasteiger charge is 2.02. The van der Waals surface area contributed by atoms with Crippen LogP contribution in [0.4, 0.5) is 0 Å². The minimum atomic E-state index is 0. The van der Waals surface area contributed by atoms with Crippen LogP contribution in [0.5, 0.6) is 5.75 Å². The second kappa shape index (κ2) is 5.66. The average molecular weight is 196 g/mol. The van der Waals surface area contributed by atoms with Crippen molar-refractivity contribution in [2.24, 2.45) is 0 Å². The first kappa shape index (κ1) is 13.0. The highest BCUT2D eigenvalue weighted by molar-refractivity contribution is 5.36. The van der Waals surface area contributed by atoms with Gasteiger partial charge in [0.25, 0.3) is 0 Å². The maximum atomic E-state index is 8.89. The van der Waals surface area contributed by atoms with Crippen LogP contribution in [-0.2, 0) is 6.61 Å². The van der Waals surface area contributed by atoms with Gasteiger partial charge in [-0.1, -0.05) is 19.6 Å². The minimum absolute atomic E-state index is 0. The molecule has 14 heavy (non-hydrogen) atoms. The van der Waals surface area contributed by atoms with Crippen molar-refractivity contribution in [3.05, 3.63) is 29.3 Å². The number of hydrogen-bond donors (Lipinski definition) is 1. The standard InChI is InChI=1S/C11H16O2.CH4/c1-8(2)13-11-5-4-10(7-12)6-9(11)3;/h4-6,8,12H,7H2,1-3H3;1H4. The van der Waals surface area contributed by atoms with E-state index >= 15 is 0 Å². The zero-order valence-corrected chi connectivity index (χ0v) is 8.37. The summed E-state index contributed by atoms with van der Waals surface area (Å²) < 4.78 is 5.56. The van der Waals surface area contributed by atoms with Gasteiger partial charge in [-0.3, -0.25) is 0 Å². The number of aliphatic hydroxyl groups excluding tert-OH is 1. The first-order chi connectivity index (χ1) is 6.13. The third-order valence-electron chi connectivity index (χ3n) is 1.78. The molecule has 1 N–H and O–H groups in total. The number of aryl methyl sites for hydroxylation is 1. The van der Waals surface area contributed by atoms with E-state index < -0.39 is 0 Å². The van der Waals surface area contributed by atoms with Crippen molar-refractivity contribution in [3.8, 4) is 5.75 Å². The van der Waals surface area contributed by atoms with Crippen LogP contribution in [0.25, 0.3) is 0 Å². The molecule has 80 valence electrons. The fraction of sp³-hybridized carbons (Fsp3) is 0.500. The molecule has 0 atom stereocenters. The van der Waals surface area contributed by atoms with Crippen LogP contribution in [0.1, 0.15) is 32.4 Å². The molecule has 2 heteroatoms. The van der Waals surface area contributed by atoms with E-state index in [-0.39, 0.29) is 20.1 Å². The summed E-state index contributed by atoms with van der Waals surface area (Å²) in [5.74, 6) is 0.896. The molecule has 0 aromatic heterocycles. The van der Waals surface area contributed by atoms with Gasteiger partial charge in [0.1, 0.15) is 5.75 Å². The second-order valence-corrected chi connectivity index (χ2v) is 3.42. The van der Waals surface area contributed by atoms with Gasteiger partial charge in [0.05, 0.1) is 12.7 Å². The Morgan fingerprint density at radius 3 is 2.43 bits per heavy atom. The zero-order chi connectivity index (χ0) is 9.84. The molecule has 0 aliphatic rings. The summed E-state index contributed by atoms with van der Waals surface area (Å²) in [6.45, 7) is 6.07. The summed E-state index contributed by atoms with van der Waals surface area (Å²) in [7, 11) is 0. The molecular weight excluding hydrogens is 176 g/mol. The molecule has 0 saturated heterocycles. The fourth-order valence-corrected chi connectivity index (χ4v) is 1.20. The van der Waals surface area contributed by atoms with Crippen molar-refractivity contribution >= 4 is 0 Å². The van der Waals surface area contributed by atoms with Gasteiger partial charge in [-0.2, -0.15) is 0 Å². The number of ether oxygens (including phenoxy) is 1. The molecule has 0 aliphatic carbocycles. The largest absolute Gasteiger partial charge is 0.491 e. The summed E-state index contributed by atoms with van der Waals surface area (Å²) in [6, 6.07) is 5.73. The summed E-state index contributed by atoms with van der Waals surface area (Å²) >= 11 is 0. The van der Waals surface area contributed by atoms with Crippen molar-refractivity contribution < 1.29 is 9.84 Å². The van der Waals surface area contributed by atoms with Gasteiger partial charge in [-0.25, -0.2) is 0 Å². The Bertz CT molecular complexity index is 280. The lowest BCUT2D eigenvalue weighted by atomic mass is 10.1. The van der Waals surface area contributed by atoms with Crippen LogP contribution in [0, 0.1) is 6.92 Å². The lowest BCUT2D eigenvalue weighted by Gasteiger charge is -2.12. The molecule has 0 spiro atoms. The van der Waals surface area contributed by atoms with Crippen molar-refractivity contribution in [3.63, 3.8) is 0 Å². The van der Waals surface area contributed by atoms with Crippen LogP contribution in [0.2, 0.25) is 0 Å². The maximum absolute atomic E-state index is 8.89. The predicted octanol–water partition coefficient (Wildman–Crippen LogP) is 2.91. The van der Waals surface area contributed by atoms with Gasteiger partial charge >= 0.3 is 0 Å². The predicted molar refractivity (Wildman–Crippen MR) is 59.6 cm³/mol. The van der Waals surface area contributed by atoms with Crippen LogP contribution in [0.15, 0.2) is 18.2 Å². The topological polar surface area (TPSA) is 29.5 Å². The van der Waals surface area contributed by atoms with Crippen molar-refractivity contribution in [1.82, 2.24) is 0 Å². The van der Waals surface area contributed by atoms with Gasteiger partial charge in [0, 0.05) is 0 Å². The fourth-order valence-electron chi connectivity index (χ4n) is 1.20. The maximum Gasteiger partial charge on any atom is 0.122 e. The van der Waals surface area contributed by atoms with Gasteiger partial charge in [0.15, 0.2) is 0 Å². The molecular formula is C12H20O2. The Morgan fingerprint density at radius 2 is 2.00 bits per heavy atom. The molecule has 1 rings (SSSR count). The first-order valence-corrected chi connectivity index (χ1v) is 4.50. The molecule has 0 radical (unpaired) electrons. The van der Waals surface area contributed by atoms with Crippen LogP contribution in [0.3, 0.4) is 0 Å². The molecule has 1 aromatic carbocycles. The SMILES string of the molecule is C.Cc1cc(CO)ccc1OC(C)C. The van der Waals surface area contributed by atoms with E-state index in [0.29, 0.717) is 0 Å². The molecule has 0 saturated carbocycles. The second-order valence-electron chi connectivity index (χ2n) is 3.42. The van der Waals surface area contributed by atoms with E-state index in [2.05, 4.69) is 0 Å². The Hall–Kier alpha value is -1.02. The first-order valence-electron chi connectivity index (χ1n) is 4.50. The molecule has 0 bridgehead atoms.